The van der Waals surface area contributed by atoms with Gasteiger partial charge in [0.05, 0.1) is 6.54 Å². The van der Waals surface area contributed by atoms with Crippen LogP contribution in [0.5, 0.6) is 0 Å². The Morgan fingerprint density at radius 1 is 0.857 bits per heavy atom. The molecule has 3 rings (SSSR count). The van der Waals surface area contributed by atoms with Gasteiger partial charge in [0.15, 0.2) is 0 Å². The number of hydrogen-bond donors (Lipinski definition) is 1. The van der Waals surface area contributed by atoms with Crippen molar-refractivity contribution in [3.8, 4) is 0 Å². The second-order valence-corrected chi connectivity index (χ2v) is 6.89. The van der Waals surface area contributed by atoms with Crippen molar-refractivity contribution in [1.29, 1.82) is 0 Å². The monoisotopic (exact) mass is 379 g/mol. The molecule has 0 radical (unpaired) electrons. The van der Waals surface area contributed by atoms with Gasteiger partial charge in [-0.2, -0.15) is 0 Å². The first-order valence-electron chi connectivity index (χ1n) is 9.52. The maximum Gasteiger partial charge on any atom is 0.254 e. The van der Waals surface area contributed by atoms with Crippen LogP contribution in [0.1, 0.15) is 32.7 Å². The third kappa shape index (κ3) is 4.76. The molecule has 3 amide bonds. The third-order valence-electron chi connectivity index (χ3n) is 4.95. The molecule has 0 bridgehead atoms. The van der Waals surface area contributed by atoms with E-state index >= 15 is 0 Å². The van der Waals surface area contributed by atoms with Gasteiger partial charge in [0, 0.05) is 37.3 Å². The number of carbonyl (C=O) groups is 3. The second-order valence-electron chi connectivity index (χ2n) is 6.89. The Labute approximate surface area is 165 Å². The van der Waals surface area contributed by atoms with E-state index in [1.54, 1.807) is 34.1 Å². The smallest absolute Gasteiger partial charge is 0.254 e. The molecule has 146 valence electrons. The van der Waals surface area contributed by atoms with Crippen molar-refractivity contribution < 1.29 is 14.4 Å². The molecule has 1 heterocycles. The van der Waals surface area contributed by atoms with E-state index in [0.29, 0.717) is 37.3 Å². The minimum Gasteiger partial charge on any atom is -0.343 e. The Balaban J connectivity index is 1.53. The highest BCUT2D eigenvalue weighted by Crippen LogP contribution is 2.13. The molecule has 1 fully saturated rings. The van der Waals surface area contributed by atoms with Gasteiger partial charge >= 0.3 is 0 Å². The van der Waals surface area contributed by atoms with Crippen LogP contribution in [0.15, 0.2) is 54.6 Å². The zero-order valence-electron chi connectivity index (χ0n) is 16.1. The standard InChI is InChI=1S/C22H25N3O3/c1-17-8-5-6-11-19(17)22(28)25-13-7-12-24(14-15-25)20(26)16-23-21(27)18-9-3-2-4-10-18/h2-6,8-11H,7,12-16H2,1H3,(H,23,27). The average molecular weight is 379 g/mol. The summed E-state index contributed by atoms with van der Waals surface area (Å²) in [5.74, 6) is -0.389. The topological polar surface area (TPSA) is 69.7 Å². The third-order valence-corrected chi connectivity index (χ3v) is 4.95. The molecule has 0 aromatic heterocycles. The molecular formula is C22H25N3O3. The minimum absolute atomic E-state index is 0.00443. The Bertz CT molecular complexity index is 851. The zero-order chi connectivity index (χ0) is 19.9. The number of rotatable bonds is 4. The summed E-state index contributed by atoms with van der Waals surface area (Å²) in [6, 6.07) is 16.4. The molecule has 0 saturated carbocycles. The van der Waals surface area contributed by atoms with Crippen molar-refractivity contribution in [2.24, 2.45) is 0 Å². The summed E-state index contributed by atoms with van der Waals surface area (Å²) in [5.41, 5.74) is 2.19. The summed E-state index contributed by atoms with van der Waals surface area (Å²) in [6.07, 6.45) is 0.718. The lowest BCUT2D eigenvalue weighted by Gasteiger charge is -2.23. The lowest BCUT2D eigenvalue weighted by molar-refractivity contribution is -0.129. The molecular weight excluding hydrogens is 354 g/mol. The van der Waals surface area contributed by atoms with Gasteiger partial charge in [0.2, 0.25) is 5.91 Å². The van der Waals surface area contributed by atoms with E-state index in [-0.39, 0.29) is 24.3 Å². The fourth-order valence-corrected chi connectivity index (χ4v) is 3.31. The number of carbonyl (C=O) groups excluding carboxylic acids is 3. The van der Waals surface area contributed by atoms with Gasteiger partial charge in [-0.1, -0.05) is 36.4 Å². The van der Waals surface area contributed by atoms with Gasteiger partial charge in [-0.05, 0) is 37.1 Å². The highest BCUT2D eigenvalue weighted by atomic mass is 16.2. The Kier molecular flexibility index (Phi) is 6.42. The van der Waals surface area contributed by atoms with Crippen LogP contribution < -0.4 is 5.32 Å². The molecule has 6 heteroatoms. The highest BCUT2D eigenvalue weighted by molar-refractivity contribution is 5.97. The molecule has 2 aromatic carbocycles. The van der Waals surface area contributed by atoms with Crippen LogP contribution in [0.2, 0.25) is 0 Å². The van der Waals surface area contributed by atoms with Crippen LogP contribution in [-0.4, -0.2) is 60.2 Å². The molecule has 6 nitrogen and oxygen atoms in total. The van der Waals surface area contributed by atoms with E-state index < -0.39 is 0 Å². The van der Waals surface area contributed by atoms with Crippen molar-refractivity contribution in [2.45, 2.75) is 13.3 Å². The SMILES string of the molecule is Cc1ccccc1C(=O)N1CCCN(C(=O)CNC(=O)c2ccccc2)CC1. The summed E-state index contributed by atoms with van der Waals surface area (Å²) in [7, 11) is 0. The summed E-state index contributed by atoms with van der Waals surface area (Å²) in [6.45, 7) is 4.05. The molecule has 1 aliphatic rings. The van der Waals surface area contributed by atoms with Crippen LogP contribution in [0.3, 0.4) is 0 Å². The molecule has 1 N–H and O–H groups in total. The molecule has 1 aliphatic heterocycles. The van der Waals surface area contributed by atoms with Crippen molar-refractivity contribution >= 4 is 17.7 Å². The van der Waals surface area contributed by atoms with Gasteiger partial charge < -0.3 is 15.1 Å². The van der Waals surface area contributed by atoms with Crippen LogP contribution in [0.25, 0.3) is 0 Å². The van der Waals surface area contributed by atoms with E-state index in [4.69, 9.17) is 0 Å². The van der Waals surface area contributed by atoms with Crippen LogP contribution in [0.4, 0.5) is 0 Å². The largest absolute Gasteiger partial charge is 0.343 e. The minimum atomic E-state index is -0.264. The molecule has 0 spiro atoms. The number of aryl methyl sites for hydroxylation is 1. The van der Waals surface area contributed by atoms with Crippen LogP contribution >= 0.6 is 0 Å². The van der Waals surface area contributed by atoms with Gasteiger partial charge in [0.1, 0.15) is 0 Å². The molecule has 1 saturated heterocycles. The lowest BCUT2D eigenvalue weighted by Crippen LogP contribution is -2.42. The number of hydrogen-bond acceptors (Lipinski definition) is 3. The van der Waals surface area contributed by atoms with Crippen molar-refractivity contribution in [2.75, 3.05) is 32.7 Å². The first-order valence-corrected chi connectivity index (χ1v) is 9.52. The van der Waals surface area contributed by atoms with Crippen LogP contribution in [-0.2, 0) is 4.79 Å². The molecule has 0 atom stereocenters. The van der Waals surface area contributed by atoms with E-state index in [1.165, 1.54) is 0 Å². The van der Waals surface area contributed by atoms with E-state index in [1.807, 2.05) is 37.3 Å². The highest BCUT2D eigenvalue weighted by Gasteiger charge is 2.23. The summed E-state index contributed by atoms with van der Waals surface area (Å²) < 4.78 is 0. The maximum atomic E-state index is 12.8. The Hall–Kier alpha value is -3.15. The fraction of sp³-hybridized carbons (Fsp3) is 0.318. The summed E-state index contributed by atoms with van der Waals surface area (Å²) in [5, 5.41) is 2.67. The fourth-order valence-electron chi connectivity index (χ4n) is 3.31. The normalized spacial score (nSPS) is 14.3. The van der Waals surface area contributed by atoms with Crippen molar-refractivity contribution in [1.82, 2.24) is 15.1 Å². The number of nitrogens with one attached hydrogen (secondary N) is 1. The molecule has 28 heavy (non-hydrogen) atoms. The predicted molar refractivity (Wildman–Crippen MR) is 107 cm³/mol. The molecule has 0 aliphatic carbocycles. The van der Waals surface area contributed by atoms with Crippen LogP contribution in [0, 0.1) is 6.92 Å². The van der Waals surface area contributed by atoms with Gasteiger partial charge in [-0.15, -0.1) is 0 Å². The Morgan fingerprint density at radius 2 is 1.50 bits per heavy atom. The number of nitrogens with zero attached hydrogens (tertiary/aromatic N) is 2. The number of benzene rings is 2. The average Bonchev–Trinajstić information content (AvgIpc) is 2.98. The summed E-state index contributed by atoms with van der Waals surface area (Å²) in [4.78, 5) is 40.9. The number of amides is 3. The summed E-state index contributed by atoms with van der Waals surface area (Å²) >= 11 is 0. The quantitative estimate of drug-likeness (QED) is 0.884. The van der Waals surface area contributed by atoms with Gasteiger partial charge in [-0.3, -0.25) is 14.4 Å². The van der Waals surface area contributed by atoms with E-state index in [9.17, 15) is 14.4 Å². The Morgan fingerprint density at radius 3 is 2.25 bits per heavy atom. The molecule has 0 unspecified atom stereocenters. The lowest BCUT2D eigenvalue weighted by atomic mass is 10.1. The van der Waals surface area contributed by atoms with Crippen molar-refractivity contribution in [3.63, 3.8) is 0 Å². The molecule has 2 aromatic rings. The predicted octanol–water partition coefficient (Wildman–Crippen LogP) is 2.10. The first-order chi connectivity index (χ1) is 13.6. The van der Waals surface area contributed by atoms with Crippen molar-refractivity contribution in [3.05, 3.63) is 71.3 Å². The van der Waals surface area contributed by atoms with E-state index in [2.05, 4.69) is 5.32 Å². The van der Waals surface area contributed by atoms with Gasteiger partial charge in [0.25, 0.3) is 11.8 Å². The van der Waals surface area contributed by atoms with Gasteiger partial charge in [-0.25, -0.2) is 0 Å². The first kappa shape index (κ1) is 19.6. The second kappa shape index (κ2) is 9.17. The maximum absolute atomic E-state index is 12.8. The zero-order valence-corrected chi connectivity index (χ0v) is 16.1. The van der Waals surface area contributed by atoms with E-state index in [0.717, 1.165) is 12.0 Å².